The molecule has 2 N–H and O–H groups in total. The molecule has 0 saturated carbocycles. The summed E-state index contributed by atoms with van der Waals surface area (Å²) >= 11 is 0. The summed E-state index contributed by atoms with van der Waals surface area (Å²) in [4.78, 5) is 13.3. The number of hydrogen-bond acceptors (Lipinski definition) is 2. The molecule has 0 aromatic carbocycles. The van der Waals surface area contributed by atoms with Crippen LogP contribution in [0.3, 0.4) is 0 Å². The van der Waals surface area contributed by atoms with E-state index in [9.17, 15) is 4.79 Å². The van der Waals surface area contributed by atoms with Crippen LogP contribution < -0.4 is 5.73 Å². The third-order valence-electron chi connectivity index (χ3n) is 2.82. The molecule has 1 atom stereocenters. The quantitative estimate of drug-likeness (QED) is 0.679. The molecule has 0 spiro atoms. The second-order valence-electron chi connectivity index (χ2n) is 3.80. The van der Waals surface area contributed by atoms with Gasteiger partial charge in [0.2, 0.25) is 5.91 Å². The summed E-state index contributed by atoms with van der Waals surface area (Å²) in [5, 5.41) is 0. The number of rotatable bonds is 7. The van der Waals surface area contributed by atoms with E-state index in [1.54, 1.807) is 4.90 Å². The molecule has 0 aromatic rings. The maximum Gasteiger partial charge on any atom is 0.222 e. The van der Waals surface area contributed by atoms with E-state index in [-0.39, 0.29) is 5.91 Å². The lowest BCUT2D eigenvalue weighted by molar-refractivity contribution is -0.130. The van der Waals surface area contributed by atoms with Crippen LogP contribution in [0.4, 0.5) is 0 Å². The van der Waals surface area contributed by atoms with Crippen LogP contribution in [-0.4, -0.2) is 30.9 Å². The molecule has 1 unspecified atom stereocenters. The molecule has 0 bridgehead atoms. The molecule has 3 heteroatoms. The van der Waals surface area contributed by atoms with Crippen LogP contribution in [-0.2, 0) is 4.79 Å². The maximum atomic E-state index is 11.5. The maximum absolute atomic E-state index is 11.5. The fraction of sp³-hybridized carbons (Fsp3) is 0.909. The molecule has 0 radical (unpaired) electrons. The standard InChI is InChI=1S/C11H24N2O/c1-4-10(8-9-12)6-7-11(14)13(3)5-2/h10H,4-9,12H2,1-3H3. The summed E-state index contributed by atoms with van der Waals surface area (Å²) < 4.78 is 0. The molecule has 0 fully saturated rings. The fourth-order valence-corrected chi connectivity index (χ4v) is 1.48. The number of carbonyl (C=O) groups is 1. The third-order valence-corrected chi connectivity index (χ3v) is 2.82. The number of nitrogens with zero attached hydrogens (tertiary/aromatic N) is 1. The monoisotopic (exact) mass is 200 g/mol. The second kappa shape index (κ2) is 7.80. The van der Waals surface area contributed by atoms with Crippen LogP contribution >= 0.6 is 0 Å². The van der Waals surface area contributed by atoms with Crippen molar-refractivity contribution in [3.8, 4) is 0 Å². The van der Waals surface area contributed by atoms with Gasteiger partial charge in [-0.1, -0.05) is 13.3 Å². The Balaban J connectivity index is 3.73. The number of nitrogens with two attached hydrogens (primary N) is 1. The number of amides is 1. The summed E-state index contributed by atoms with van der Waals surface area (Å²) in [6.45, 7) is 5.69. The highest BCUT2D eigenvalue weighted by molar-refractivity contribution is 5.75. The summed E-state index contributed by atoms with van der Waals surface area (Å²) in [7, 11) is 1.85. The van der Waals surface area contributed by atoms with Crippen molar-refractivity contribution in [3.63, 3.8) is 0 Å². The number of carbonyl (C=O) groups excluding carboxylic acids is 1. The molecule has 14 heavy (non-hydrogen) atoms. The van der Waals surface area contributed by atoms with Crippen molar-refractivity contribution in [1.29, 1.82) is 0 Å². The van der Waals surface area contributed by atoms with Crippen molar-refractivity contribution in [2.75, 3.05) is 20.1 Å². The van der Waals surface area contributed by atoms with Gasteiger partial charge in [-0.2, -0.15) is 0 Å². The van der Waals surface area contributed by atoms with E-state index in [1.165, 1.54) is 0 Å². The van der Waals surface area contributed by atoms with Crippen molar-refractivity contribution in [1.82, 2.24) is 4.90 Å². The first-order valence-electron chi connectivity index (χ1n) is 5.59. The summed E-state index contributed by atoms with van der Waals surface area (Å²) in [6.07, 6.45) is 3.82. The molecular formula is C11H24N2O. The zero-order valence-electron chi connectivity index (χ0n) is 9.75. The normalized spacial score (nSPS) is 12.6. The van der Waals surface area contributed by atoms with Crippen LogP contribution in [0, 0.1) is 5.92 Å². The lowest BCUT2D eigenvalue weighted by atomic mass is 9.96. The van der Waals surface area contributed by atoms with Crippen molar-refractivity contribution < 1.29 is 4.79 Å². The number of hydrogen-bond donors (Lipinski definition) is 1. The molecule has 0 heterocycles. The molecule has 0 aromatic heterocycles. The molecule has 0 aliphatic heterocycles. The van der Waals surface area contributed by atoms with Gasteiger partial charge in [-0.25, -0.2) is 0 Å². The van der Waals surface area contributed by atoms with Gasteiger partial charge in [0.25, 0.3) is 0 Å². The Morgan fingerprint density at radius 1 is 1.36 bits per heavy atom. The molecule has 0 aliphatic rings. The average molecular weight is 200 g/mol. The minimum Gasteiger partial charge on any atom is -0.346 e. The van der Waals surface area contributed by atoms with Gasteiger partial charge in [0.15, 0.2) is 0 Å². The fourth-order valence-electron chi connectivity index (χ4n) is 1.48. The van der Waals surface area contributed by atoms with Gasteiger partial charge < -0.3 is 10.6 Å². The van der Waals surface area contributed by atoms with Gasteiger partial charge in [-0.15, -0.1) is 0 Å². The Hall–Kier alpha value is -0.570. The van der Waals surface area contributed by atoms with Crippen molar-refractivity contribution >= 4 is 5.91 Å². The van der Waals surface area contributed by atoms with E-state index in [0.29, 0.717) is 12.3 Å². The molecule has 0 saturated heterocycles. The van der Waals surface area contributed by atoms with Gasteiger partial charge in [0.1, 0.15) is 0 Å². The molecule has 3 nitrogen and oxygen atoms in total. The average Bonchev–Trinajstić information content (AvgIpc) is 2.22. The summed E-state index contributed by atoms with van der Waals surface area (Å²) in [5.74, 6) is 0.872. The molecule has 84 valence electrons. The largest absolute Gasteiger partial charge is 0.346 e. The zero-order chi connectivity index (χ0) is 11.0. The Bertz CT molecular complexity index is 159. The first-order valence-corrected chi connectivity index (χ1v) is 5.59. The summed E-state index contributed by atoms with van der Waals surface area (Å²) in [5.41, 5.74) is 5.50. The van der Waals surface area contributed by atoms with Crippen LogP contribution in [0.5, 0.6) is 0 Å². The highest BCUT2D eigenvalue weighted by atomic mass is 16.2. The van der Waals surface area contributed by atoms with E-state index >= 15 is 0 Å². The van der Waals surface area contributed by atoms with Crippen LogP contribution in [0.25, 0.3) is 0 Å². The van der Waals surface area contributed by atoms with Gasteiger partial charge >= 0.3 is 0 Å². The van der Waals surface area contributed by atoms with Gasteiger partial charge in [-0.05, 0) is 32.2 Å². The van der Waals surface area contributed by atoms with Gasteiger partial charge in [0, 0.05) is 20.0 Å². The first kappa shape index (κ1) is 13.4. The topological polar surface area (TPSA) is 46.3 Å². The minimum atomic E-state index is 0.253. The third kappa shape index (κ3) is 5.22. The van der Waals surface area contributed by atoms with Crippen LogP contribution in [0.1, 0.15) is 39.5 Å². The van der Waals surface area contributed by atoms with Gasteiger partial charge in [0.05, 0.1) is 0 Å². The van der Waals surface area contributed by atoms with Crippen LogP contribution in [0.15, 0.2) is 0 Å². The van der Waals surface area contributed by atoms with Crippen molar-refractivity contribution in [2.45, 2.75) is 39.5 Å². The smallest absolute Gasteiger partial charge is 0.222 e. The van der Waals surface area contributed by atoms with E-state index < -0.39 is 0 Å². The predicted octanol–water partition coefficient (Wildman–Crippen LogP) is 1.62. The predicted molar refractivity (Wildman–Crippen MR) is 60.0 cm³/mol. The SMILES string of the molecule is CCC(CCN)CCC(=O)N(C)CC. The molecule has 0 aliphatic carbocycles. The molecule has 0 rings (SSSR count). The Morgan fingerprint density at radius 2 is 2.00 bits per heavy atom. The molecular weight excluding hydrogens is 176 g/mol. The highest BCUT2D eigenvalue weighted by Gasteiger charge is 2.10. The van der Waals surface area contributed by atoms with E-state index in [2.05, 4.69) is 6.92 Å². The summed E-state index contributed by atoms with van der Waals surface area (Å²) in [6, 6.07) is 0. The lowest BCUT2D eigenvalue weighted by Crippen LogP contribution is -2.26. The highest BCUT2D eigenvalue weighted by Crippen LogP contribution is 2.14. The lowest BCUT2D eigenvalue weighted by Gasteiger charge is -2.17. The van der Waals surface area contributed by atoms with Crippen molar-refractivity contribution in [2.24, 2.45) is 11.7 Å². The van der Waals surface area contributed by atoms with Gasteiger partial charge in [-0.3, -0.25) is 4.79 Å². The Kier molecular flexibility index (Phi) is 7.48. The van der Waals surface area contributed by atoms with E-state index in [0.717, 1.165) is 32.4 Å². The Morgan fingerprint density at radius 3 is 2.43 bits per heavy atom. The first-order chi connectivity index (χ1) is 6.65. The Labute approximate surface area is 87.6 Å². The van der Waals surface area contributed by atoms with Crippen molar-refractivity contribution in [3.05, 3.63) is 0 Å². The molecule has 1 amide bonds. The van der Waals surface area contributed by atoms with E-state index in [4.69, 9.17) is 5.73 Å². The van der Waals surface area contributed by atoms with E-state index in [1.807, 2.05) is 14.0 Å². The minimum absolute atomic E-state index is 0.253. The zero-order valence-corrected chi connectivity index (χ0v) is 9.75. The second-order valence-corrected chi connectivity index (χ2v) is 3.80. The van der Waals surface area contributed by atoms with Crippen LogP contribution in [0.2, 0.25) is 0 Å².